The van der Waals surface area contributed by atoms with Gasteiger partial charge >= 0.3 is 0 Å². The van der Waals surface area contributed by atoms with Crippen LogP contribution in [0.15, 0.2) is 0 Å². The Morgan fingerprint density at radius 1 is 1.29 bits per heavy atom. The van der Waals surface area contributed by atoms with Gasteiger partial charge in [0.25, 0.3) is 0 Å². The summed E-state index contributed by atoms with van der Waals surface area (Å²) in [5.74, 6) is 1.01. The molecule has 1 aromatic heterocycles. The highest BCUT2D eigenvalue weighted by Crippen LogP contribution is 2.05. The molecule has 0 aliphatic carbocycles. The molecule has 0 unspecified atom stereocenters. The average molecular weight is 198 g/mol. The summed E-state index contributed by atoms with van der Waals surface area (Å²) in [5.41, 5.74) is 5.40. The van der Waals surface area contributed by atoms with E-state index in [0.29, 0.717) is 5.95 Å². The van der Waals surface area contributed by atoms with Crippen molar-refractivity contribution in [3.05, 3.63) is 0 Å². The van der Waals surface area contributed by atoms with Gasteiger partial charge in [0.2, 0.25) is 11.9 Å². The van der Waals surface area contributed by atoms with Crippen LogP contribution in [0.3, 0.4) is 0 Å². The third-order valence-corrected chi connectivity index (χ3v) is 1.95. The van der Waals surface area contributed by atoms with E-state index in [1.54, 1.807) is 0 Å². The van der Waals surface area contributed by atoms with Crippen molar-refractivity contribution in [2.45, 2.75) is 6.42 Å². The fraction of sp³-hybridized carbons (Fsp3) is 0.750. The third-order valence-electron chi connectivity index (χ3n) is 1.95. The van der Waals surface area contributed by atoms with Crippen LogP contribution in [-0.4, -0.2) is 54.3 Å². The number of H-pyrrole nitrogens is 1. The number of aromatic amines is 1. The minimum atomic E-state index is 0.291. The molecule has 0 aliphatic heterocycles. The van der Waals surface area contributed by atoms with Gasteiger partial charge in [-0.15, -0.1) is 5.10 Å². The predicted octanol–water partition coefficient (Wildman–Crippen LogP) is -0.225. The summed E-state index contributed by atoms with van der Waals surface area (Å²) >= 11 is 0. The van der Waals surface area contributed by atoms with E-state index in [1.807, 2.05) is 11.9 Å². The molecule has 0 aromatic carbocycles. The average Bonchev–Trinajstić information content (AvgIpc) is 2.51. The maximum Gasteiger partial charge on any atom is 0.241 e. The smallest absolute Gasteiger partial charge is 0.241 e. The first kappa shape index (κ1) is 10.8. The molecule has 6 nitrogen and oxygen atoms in total. The Hall–Kier alpha value is -1.30. The molecule has 0 aliphatic rings. The molecule has 0 saturated heterocycles. The first-order valence-electron chi connectivity index (χ1n) is 4.63. The maximum atomic E-state index is 5.40. The zero-order valence-electron chi connectivity index (χ0n) is 8.99. The Labute approximate surface area is 84.1 Å². The molecule has 6 heteroatoms. The van der Waals surface area contributed by atoms with Crippen molar-refractivity contribution in [2.24, 2.45) is 0 Å². The van der Waals surface area contributed by atoms with Gasteiger partial charge in [-0.1, -0.05) is 0 Å². The lowest BCUT2D eigenvalue weighted by atomic mass is 10.4. The summed E-state index contributed by atoms with van der Waals surface area (Å²) < 4.78 is 0. The van der Waals surface area contributed by atoms with E-state index < -0.39 is 0 Å². The third kappa shape index (κ3) is 3.21. The molecule has 0 bridgehead atoms. The molecular formula is C8H18N6. The lowest BCUT2D eigenvalue weighted by molar-refractivity contribution is 0.401. The Balaban J connectivity index is 2.32. The minimum absolute atomic E-state index is 0.291. The number of nitrogens with zero attached hydrogens (tertiary/aromatic N) is 4. The fourth-order valence-corrected chi connectivity index (χ4v) is 1.17. The number of nitrogens with one attached hydrogen (secondary N) is 1. The van der Waals surface area contributed by atoms with Crippen LogP contribution >= 0.6 is 0 Å². The van der Waals surface area contributed by atoms with Gasteiger partial charge in [-0.25, -0.2) is 5.10 Å². The SMILES string of the molecule is CN(C)CCCN(C)c1nc(N)n[nH]1. The second-order valence-electron chi connectivity index (χ2n) is 3.60. The van der Waals surface area contributed by atoms with E-state index >= 15 is 0 Å². The predicted molar refractivity (Wildman–Crippen MR) is 57.2 cm³/mol. The van der Waals surface area contributed by atoms with Crippen molar-refractivity contribution in [1.29, 1.82) is 0 Å². The lowest BCUT2D eigenvalue weighted by Gasteiger charge is -2.16. The van der Waals surface area contributed by atoms with E-state index in [4.69, 9.17) is 5.73 Å². The highest BCUT2D eigenvalue weighted by Gasteiger charge is 2.05. The summed E-state index contributed by atoms with van der Waals surface area (Å²) in [7, 11) is 6.09. The molecule has 0 amide bonds. The summed E-state index contributed by atoms with van der Waals surface area (Å²) in [6.07, 6.45) is 1.09. The second-order valence-corrected chi connectivity index (χ2v) is 3.60. The molecule has 1 rings (SSSR count). The highest BCUT2D eigenvalue weighted by atomic mass is 15.4. The van der Waals surface area contributed by atoms with Crippen molar-refractivity contribution in [3.8, 4) is 0 Å². The first-order valence-corrected chi connectivity index (χ1v) is 4.63. The maximum absolute atomic E-state index is 5.40. The summed E-state index contributed by atoms with van der Waals surface area (Å²) in [6, 6.07) is 0. The fourth-order valence-electron chi connectivity index (χ4n) is 1.17. The molecule has 0 radical (unpaired) electrons. The standard InChI is InChI=1S/C8H18N6/c1-13(2)5-4-6-14(3)8-10-7(9)11-12-8/h4-6H2,1-3H3,(H3,9,10,11,12). The van der Waals surface area contributed by atoms with Gasteiger partial charge in [0.1, 0.15) is 0 Å². The van der Waals surface area contributed by atoms with Gasteiger partial charge in [-0.3, -0.25) is 0 Å². The van der Waals surface area contributed by atoms with Crippen LogP contribution in [0.25, 0.3) is 0 Å². The zero-order valence-corrected chi connectivity index (χ0v) is 8.99. The Morgan fingerprint density at radius 2 is 2.00 bits per heavy atom. The van der Waals surface area contributed by atoms with Crippen LogP contribution in [0.2, 0.25) is 0 Å². The molecular weight excluding hydrogens is 180 g/mol. The number of hydrogen-bond acceptors (Lipinski definition) is 5. The van der Waals surface area contributed by atoms with Crippen LogP contribution in [0.5, 0.6) is 0 Å². The molecule has 80 valence electrons. The van der Waals surface area contributed by atoms with Crippen LogP contribution in [0, 0.1) is 0 Å². The molecule has 1 heterocycles. The lowest BCUT2D eigenvalue weighted by Crippen LogP contribution is -2.24. The molecule has 3 N–H and O–H groups in total. The quantitative estimate of drug-likeness (QED) is 0.684. The Bertz CT molecular complexity index is 269. The molecule has 0 saturated carbocycles. The van der Waals surface area contributed by atoms with Crippen molar-refractivity contribution < 1.29 is 0 Å². The largest absolute Gasteiger partial charge is 0.366 e. The topological polar surface area (TPSA) is 74.1 Å². The minimum Gasteiger partial charge on any atom is -0.366 e. The monoisotopic (exact) mass is 198 g/mol. The number of nitrogen functional groups attached to an aromatic ring is 1. The number of nitrogens with two attached hydrogens (primary N) is 1. The van der Waals surface area contributed by atoms with Gasteiger partial charge in [0.05, 0.1) is 0 Å². The number of rotatable bonds is 5. The van der Waals surface area contributed by atoms with E-state index in [9.17, 15) is 0 Å². The number of hydrogen-bond donors (Lipinski definition) is 2. The molecule has 14 heavy (non-hydrogen) atoms. The highest BCUT2D eigenvalue weighted by molar-refractivity contribution is 5.32. The molecule has 0 spiro atoms. The van der Waals surface area contributed by atoms with E-state index in [-0.39, 0.29) is 0 Å². The normalized spacial score (nSPS) is 10.9. The van der Waals surface area contributed by atoms with E-state index in [2.05, 4.69) is 34.2 Å². The second kappa shape index (κ2) is 4.80. The van der Waals surface area contributed by atoms with Crippen LogP contribution < -0.4 is 10.6 Å². The van der Waals surface area contributed by atoms with Crippen molar-refractivity contribution in [2.75, 3.05) is 44.9 Å². The first-order chi connectivity index (χ1) is 6.59. The van der Waals surface area contributed by atoms with Crippen LogP contribution in [0.1, 0.15) is 6.42 Å². The number of anilines is 2. The van der Waals surface area contributed by atoms with Gasteiger partial charge < -0.3 is 15.5 Å². The van der Waals surface area contributed by atoms with Crippen LogP contribution in [0.4, 0.5) is 11.9 Å². The Kier molecular flexibility index (Phi) is 3.70. The number of aromatic nitrogens is 3. The van der Waals surface area contributed by atoms with Crippen LogP contribution in [-0.2, 0) is 0 Å². The Morgan fingerprint density at radius 3 is 2.50 bits per heavy atom. The van der Waals surface area contributed by atoms with E-state index in [1.165, 1.54) is 0 Å². The summed E-state index contributed by atoms with van der Waals surface area (Å²) in [5, 5.41) is 6.54. The van der Waals surface area contributed by atoms with Gasteiger partial charge in [0, 0.05) is 13.6 Å². The molecule has 0 atom stereocenters. The molecule has 1 aromatic rings. The zero-order chi connectivity index (χ0) is 10.6. The van der Waals surface area contributed by atoms with Gasteiger partial charge in [-0.2, -0.15) is 4.98 Å². The van der Waals surface area contributed by atoms with Gasteiger partial charge in [-0.05, 0) is 27.1 Å². The van der Waals surface area contributed by atoms with Crippen molar-refractivity contribution in [1.82, 2.24) is 20.1 Å². The summed E-state index contributed by atoms with van der Waals surface area (Å²) in [6.45, 7) is 2.00. The van der Waals surface area contributed by atoms with Gasteiger partial charge in [0.15, 0.2) is 0 Å². The molecule has 0 fully saturated rings. The summed E-state index contributed by atoms with van der Waals surface area (Å²) in [4.78, 5) is 8.19. The van der Waals surface area contributed by atoms with E-state index in [0.717, 1.165) is 25.5 Å². The van der Waals surface area contributed by atoms with Crippen molar-refractivity contribution in [3.63, 3.8) is 0 Å². The van der Waals surface area contributed by atoms with Crippen molar-refractivity contribution >= 4 is 11.9 Å².